The van der Waals surface area contributed by atoms with Crippen molar-refractivity contribution in [3.8, 4) is 11.5 Å². The van der Waals surface area contributed by atoms with E-state index in [9.17, 15) is 14.9 Å². The number of amides is 1. The maximum atomic E-state index is 11.8. The number of rotatable bonds is 4. The Morgan fingerprint density at radius 1 is 1.20 bits per heavy atom. The third-order valence-electron chi connectivity index (χ3n) is 2.83. The Morgan fingerprint density at radius 3 is 2.52 bits per heavy atom. The number of carbonyl (C=O) groups is 1. The predicted molar refractivity (Wildman–Crippen MR) is 97.2 cm³/mol. The molecule has 0 saturated heterocycles. The van der Waals surface area contributed by atoms with Crippen molar-refractivity contribution < 1.29 is 19.2 Å². The highest BCUT2D eigenvalue weighted by Gasteiger charge is 2.16. The molecule has 0 aliphatic rings. The first-order valence-corrected chi connectivity index (χ1v) is 8.15. The molecule has 0 heterocycles. The number of halogens is 1. The van der Waals surface area contributed by atoms with Gasteiger partial charge < -0.3 is 9.47 Å². The lowest BCUT2D eigenvalue weighted by atomic mass is 10.2. The molecule has 2 rings (SSSR count). The summed E-state index contributed by atoms with van der Waals surface area (Å²) in [6.07, 6.45) is -0.568. The first-order chi connectivity index (χ1) is 11.6. The number of nitrogens with zero attached hydrogens (tertiary/aromatic N) is 1. The van der Waals surface area contributed by atoms with Gasteiger partial charge in [-0.15, -0.1) is 0 Å². The molecule has 132 valence electrons. The number of nitrogens with one attached hydrogen (secondary N) is 1. The maximum absolute atomic E-state index is 11.8. The Kier molecular flexibility index (Phi) is 5.63. The lowest BCUT2D eigenvalue weighted by molar-refractivity contribution is -0.384. The standard InChI is InChI=1S/C17H17BrN2O5/c1-17(2,3)25-16(21)19-11-5-4-6-13(9-11)24-15-8-7-12(20(22)23)10-14(15)18/h4-10H,1-3H3,(H,19,21). The maximum Gasteiger partial charge on any atom is 0.412 e. The highest BCUT2D eigenvalue weighted by atomic mass is 79.9. The van der Waals surface area contributed by atoms with Crippen LogP contribution in [-0.2, 0) is 4.74 Å². The SMILES string of the molecule is CC(C)(C)OC(=O)Nc1cccc(Oc2ccc([N+](=O)[O-])cc2Br)c1. The van der Waals surface area contributed by atoms with Crippen LogP contribution in [0.5, 0.6) is 11.5 Å². The number of carbonyl (C=O) groups excluding carboxylic acids is 1. The molecule has 2 aromatic carbocycles. The fourth-order valence-electron chi connectivity index (χ4n) is 1.87. The summed E-state index contributed by atoms with van der Waals surface area (Å²) in [5.74, 6) is 0.878. The van der Waals surface area contributed by atoms with Crippen LogP contribution in [0, 0.1) is 10.1 Å². The van der Waals surface area contributed by atoms with E-state index < -0.39 is 16.6 Å². The minimum Gasteiger partial charge on any atom is -0.456 e. The lowest BCUT2D eigenvalue weighted by Crippen LogP contribution is -2.27. The number of anilines is 1. The summed E-state index contributed by atoms with van der Waals surface area (Å²) in [6, 6.07) is 10.9. The van der Waals surface area contributed by atoms with Gasteiger partial charge >= 0.3 is 6.09 Å². The number of hydrogen-bond donors (Lipinski definition) is 1. The minimum atomic E-state index is -0.595. The van der Waals surface area contributed by atoms with Crippen molar-refractivity contribution in [1.29, 1.82) is 0 Å². The molecule has 1 amide bonds. The average Bonchev–Trinajstić information content (AvgIpc) is 2.47. The van der Waals surface area contributed by atoms with Gasteiger partial charge in [0.2, 0.25) is 0 Å². The Labute approximate surface area is 153 Å². The molecule has 1 N–H and O–H groups in total. The average molecular weight is 409 g/mol. The van der Waals surface area contributed by atoms with Crippen LogP contribution in [-0.4, -0.2) is 16.6 Å². The number of nitro groups is 1. The molecule has 8 heteroatoms. The monoisotopic (exact) mass is 408 g/mol. The zero-order valence-electron chi connectivity index (χ0n) is 13.9. The molecule has 2 aromatic rings. The van der Waals surface area contributed by atoms with E-state index in [1.165, 1.54) is 18.2 Å². The van der Waals surface area contributed by atoms with E-state index in [2.05, 4.69) is 21.2 Å². The van der Waals surface area contributed by atoms with Gasteiger partial charge in [-0.1, -0.05) is 6.07 Å². The fourth-order valence-corrected chi connectivity index (χ4v) is 2.32. The van der Waals surface area contributed by atoms with E-state index in [1.807, 2.05) is 0 Å². The number of ether oxygens (including phenoxy) is 2. The minimum absolute atomic E-state index is 0.0421. The molecule has 0 radical (unpaired) electrons. The molecule has 0 saturated carbocycles. The van der Waals surface area contributed by atoms with Gasteiger partial charge in [0.15, 0.2) is 0 Å². The van der Waals surface area contributed by atoms with E-state index in [-0.39, 0.29) is 5.69 Å². The second-order valence-electron chi connectivity index (χ2n) is 6.13. The summed E-state index contributed by atoms with van der Waals surface area (Å²) < 4.78 is 11.3. The molecule has 25 heavy (non-hydrogen) atoms. The number of hydrogen-bond acceptors (Lipinski definition) is 5. The second-order valence-corrected chi connectivity index (χ2v) is 6.98. The van der Waals surface area contributed by atoms with Crippen molar-refractivity contribution in [2.45, 2.75) is 26.4 Å². The van der Waals surface area contributed by atoms with Crippen LogP contribution in [0.15, 0.2) is 46.9 Å². The molecular weight excluding hydrogens is 392 g/mol. The lowest BCUT2D eigenvalue weighted by Gasteiger charge is -2.19. The van der Waals surface area contributed by atoms with Crippen LogP contribution in [0.2, 0.25) is 0 Å². The molecular formula is C17H17BrN2O5. The molecule has 0 bridgehead atoms. The van der Waals surface area contributed by atoms with Gasteiger partial charge in [-0.2, -0.15) is 0 Å². The summed E-state index contributed by atoms with van der Waals surface area (Å²) in [4.78, 5) is 22.1. The third kappa shape index (κ3) is 5.75. The molecule has 0 aliphatic carbocycles. The van der Waals surface area contributed by atoms with Gasteiger partial charge in [0.1, 0.15) is 17.1 Å². The van der Waals surface area contributed by atoms with Gasteiger partial charge in [0.05, 0.1) is 9.40 Å². The Balaban J connectivity index is 2.11. The van der Waals surface area contributed by atoms with Crippen molar-refractivity contribution >= 4 is 33.4 Å². The first-order valence-electron chi connectivity index (χ1n) is 7.36. The zero-order valence-corrected chi connectivity index (χ0v) is 15.5. The number of non-ortho nitro benzene ring substituents is 1. The van der Waals surface area contributed by atoms with Crippen molar-refractivity contribution in [1.82, 2.24) is 0 Å². The Morgan fingerprint density at radius 2 is 1.92 bits per heavy atom. The summed E-state index contributed by atoms with van der Waals surface area (Å²) in [5, 5.41) is 13.4. The zero-order chi connectivity index (χ0) is 18.6. The van der Waals surface area contributed by atoms with Gasteiger partial charge in [-0.05, 0) is 54.9 Å². The molecule has 0 unspecified atom stereocenters. The van der Waals surface area contributed by atoms with E-state index in [1.54, 1.807) is 45.0 Å². The highest BCUT2D eigenvalue weighted by Crippen LogP contribution is 2.33. The number of benzene rings is 2. The Bertz CT molecular complexity index is 802. The van der Waals surface area contributed by atoms with Gasteiger partial charge in [0, 0.05) is 23.9 Å². The molecule has 0 fully saturated rings. The predicted octanol–water partition coefficient (Wildman–Crippen LogP) is 5.50. The quantitative estimate of drug-likeness (QED) is 0.532. The van der Waals surface area contributed by atoms with Crippen LogP contribution in [0.1, 0.15) is 20.8 Å². The van der Waals surface area contributed by atoms with Gasteiger partial charge in [-0.25, -0.2) is 4.79 Å². The van der Waals surface area contributed by atoms with Crippen LogP contribution >= 0.6 is 15.9 Å². The van der Waals surface area contributed by atoms with Crippen molar-refractivity contribution in [2.75, 3.05) is 5.32 Å². The fraction of sp³-hybridized carbons (Fsp3) is 0.235. The summed E-state index contributed by atoms with van der Waals surface area (Å²) in [6.45, 7) is 5.33. The van der Waals surface area contributed by atoms with E-state index in [0.717, 1.165) is 0 Å². The van der Waals surface area contributed by atoms with E-state index in [0.29, 0.717) is 21.7 Å². The molecule has 0 atom stereocenters. The van der Waals surface area contributed by atoms with Crippen LogP contribution < -0.4 is 10.1 Å². The third-order valence-corrected chi connectivity index (χ3v) is 3.45. The molecule has 0 aromatic heterocycles. The first kappa shape index (κ1) is 18.7. The summed E-state index contributed by atoms with van der Waals surface area (Å²) in [7, 11) is 0. The smallest absolute Gasteiger partial charge is 0.412 e. The molecule has 0 spiro atoms. The van der Waals surface area contributed by atoms with Crippen LogP contribution in [0.4, 0.5) is 16.2 Å². The van der Waals surface area contributed by atoms with Gasteiger partial charge in [-0.3, -0.25) is 15.4 Å². The number of nitro benzene ring substituents is 1. The largest absolute Gasteiger partial charge is 0.456 e. The van der Waals surface area contributed by atoms with E-state index in [4.69, 9.17) is 9.47 Å². The highest BCUT2D eigenvalue weighted by molar-refractivity contribution is 9.10. The summed E-state index contributed by atoms with van der Waals surface area (Å²) in [5.41, 5.74) is -0.133. The molecule has 0 aliphatic heterocycles. The second kappa shape index (κ2) is 7.52. The van der Waals surface area contributed by atoms with E-state index >= 15 is 0 Å². The normalized spacial score (nSPS) is 10.9. The van der Waals surface area contributed by atoms with Crippen molar-refractivity contribution in [2.24, 2.45) is 0 Å². The molecule has 7 nitrogen and oxygen atoms in total. The van der Waals surface area contributed by atoms with Gasteiger partial charge in [0.25, 0.3) is 5.69 Å². The summed E-state index contributed by atoms with van der Waals surface area (Å²) >= 11 is 3.25. The van der Waals surface area contributed by atoms with Crippen LogP contribution in [0.3, 0.4) is 0 Å². The Hall–Kier alpha value is -2.61. The van der Waals surface area contributed by atoms with Crippen LogP contribution in [0.25, 0.3) is 0 Å². The topological polar surface area (TPSA) is 90.7 Å². The van der Waals surface area contributed by atoms with Crippen molar-refractivity contribution in [3.63, 3.8) is 0 Å². The van der Waals surface area contributed by atoms with Crippen molar-refractivity contribution in [3.05, 3.63) is 57.1 Å².